The van der Waals surface area contributed by atoms with E-state index >= 15 is 0 Å². The molecule has 83 heavy (non-hydrogen) atoms. The van der Waals surface area contributed by atoms with E-state index < -0.39 is 6.10 Å². The van der Waals surface area contributed by atoms with Crippen LogP contribution >= 0.6 is 0 Å². The monoisotopic (exact) mass is 1150 g/mol. The van der Waals surface area contributed by atoms with E-state index in [1.165, 1.54) is 154 Å². The number of allylic oxidation sites excluding steroid dienone is 18. The van der Waals surface area contributed by atoms with Gasteiger partial charge in [0.05, 0.1) is 0 Å². The predicted molar refractivity (Wildman–Crippen MR) is 362 cm³/mol. The summed E-state index contributed by atoms with van der Waals surface area (Å²) in [6.07, 6.45) is 96.9. The third-order valence-corrected chi connectivity index (χ3v) is 15.2. The molecule has 0 spiro atoms. The van der Waals surface area contributed by atoms with Crippen LogP contribution in [0.4, 0.5) is 0 Å². The van der Waals surface area contributed by atoms with Crippen LogP contribution < -0.4 is 0 Å². The SMILES string of the molecule is CC/C=C\C/C=C\C/C=C\C/C=C\C/C=C\CCCCCCCC(=O)OC(COC(=O)CCCCCCC/C=C\C/C=C\C/C=C\CC)COC(=O)CCCCCCCCCCCCCCCCCCC/C=C\CCCCCCCCCC. The Morgan fingerprint density at radius 2 is 0.470 bits per heavy atom. The zero-order valence-corrected chi connectivity index (χ0v) is 54.7. The molecule has 0 saturated heterocycles. The van der Waals surface area contributed by atoms with Crippen molar-refractivity contribution in [2.24, 2.45) is 0 Å². The van der Waals surface area contributed by atoms with Gasteiger partial charge in [0.15, 0.2) is 6.10 Å². The van der Waals surface area contributed by atoms with E-state index in [9.17, 15) is 14.4 Å². The lowest BCUT2D eigenvalue weighted by Crippen LogP contribution is -2.30. The smallest absolute Gasteiger partial charge is 0.306 e. The molecular weight excluding hydrogens is 1020 g/mol. The maximum absolute atomic E-state index is 12.9. The van der Waals surface area contributed by atoms with E-state index in [2.05, 4.69) is 130 Å². The Morgan fingerprint density at radius 3 is 0.747 bits per heavy atom. The minimum Gasteiger partial charge on any atom is -0.462 e. The van der Waals surface area contributed by atoms with Crippen molar-refractivity contribution in [3.8, 4) is 0 Å². The van der Waals surface area contributed by atoms with E-state index in [-0.39, 0.29) is 31.1 Å². The average Bonchev–Trinajstić information content (AvgIpc) is 3.49. The number of ether oxygens (including phenoxy) is 3. The molecule has 1 atom stereocenters. The third kappa shape index (κ3) is 68.7. The molecule has 0 aromatic rings. The van der Waals surface area contributed by atoms with E-state index in [1.807, 2.05) is 0 Å². The Hall–Kier alpha value is -3.93. The largest absolute Gasteiger partial charge is 0.462 e. The van der Waals surface area contributed by atoms with Crippen molar-refractivity contribution in [2.75, 3.05) is 13.2 Å². The average molecular weight is 1150 g/mol. The summed E-state index contributed by atoms with van der Waals surface area (Å²) in [6.45, 7) is 6.42. The molecule has 0 N–H and O–H groups in total. The Morgan fingerprint density at radius 1 is 0.253 bits per heavy atom. The fraction of sp³-hybridized carbons (Fsp3) is 0.727. The number of hydrogen-bond donors (Lipinski definition) is 0. The van der Waals surface area contributed by atoms with Crippen LogP contribution in [0.25, 0.3) is 0 Å². The van der Waals surface area contributed by atoms with Crippen LogP contribution in [0.2, 0.25) is 0 Å². The van der Waals surface area contributed by atoms with Gasteiger partial charge in [-0.25, -0.2) is 0 Å². The van der Waals surface area contributed by atoms with Gasteiger partial charge in [-0.3, -0.25) is 14.4 Å². The van der Waals surface area contributed by atoms with Gasteiger partial charge in [-0.2, -0.15) is 0 Å². The van der Waals surface area contributed by atoms with Gasteiger partial charge in [0, 0.05) is 19.3 Å². The highest BCUT2D eigenvalue weighted by Crippen LogP contribution is 2.17. The number of esters is 3. The van der Waals surface area contributed by atoms with Crippen LogP contribution in [0.5, 0.6) is 0 Å². The van der Waals surface area contributed by atoms with Crippen molar-refractivity contribution in [1.82, 2.24) is 0 Å². The first-order valence-electron chi connectivity index (χ1n) is 35.4. The van der Waals surface area contributed by atoms with Crippen LogP contribution in [0.15, 0.2) is 109 Å². The minimum absolute atomic E-state index is 0.0908. The molecule has 0 radical (unpaired) electrons. The van der Waals surface area contributed by atoms with Gasteiger partial charge in [-0.05, 0) is 122 Å². The molecule has 1 unspecified atom stereocenters. The molecule has 0 fully saturated rings. The highest BCUT2D eigenvalue weighted by Gasteiger charge is 2.19. The Bertz CT molecular complexity index is 1660. The van der Waals surface area contributed by atoms with Gasteiger partial charge in [-0.1, -0.05) is 310 Å². The van der Waals surface area contributed by atoms with E-state index in [0.717, 1.165) is 148 Å². The van der Waals surface area contributed by atoms with Crippen molar-refractivity contribution in [3.63, 3.8) is 0 Å². The van der Waals surface area contributed by atoms with Crippen molar-refractivity contribution in [3.05, 3.63) is 109 Å². The standard InChI is InChI=1S/C77H132O6/c1-4-7-10-13-16-19-22-25-28-30-32-34-35-36-37-38-39-40-41-43-44-46-49-52-55-58-61-64-67-70-76(79)82-73-74(72-81-75(78)69-66-63-60-57-54-51-48-27-24-21-18-15-12-9-6-3)83-77(80)71-68-65-62-59-56-53-50-47-45-42-33-31-29-26-23-20-17-14-11-8-5-2/h8-9,11-12,17-18,20-21,26-27,29-30,32-33,42,47-48,50,74H,4-7,10,13-16,19,22-25,28,31,34-41,43-46,49,51-73H2,1-3H3/b11-8-,12-9-,20-17-,21-18-,29-26-,32-30-,42-33-,48-27-,50-47-. The lowest BCUT2D eigenvalue weighted by Gasteiger charge is -2.18. The second-order valence-corrected chi connectivity index (χ2v) is 23.4. The molecule has 0 aliphatic carbocycles. The summed E-state index contributed by atoms with van der Waals surface area (Å²) in [5.41, 5.74) is 0. The molecular formula is C77H132O6. The maximum Gasteiger partial charge on any atom is 0.306 e. The number of hydrogen-bond acceptors (Lipinski definition) is 6. The lowest BCUT2D eigenvalue weighted by atomic mass is 10.0. The first kappa shape index (κ1) is 79.1. The Kier molecular flexibility index (Phi) is 67.2. The van der Waals surface area contributed by atoms with Gasteiger partial charge >= 0.3 is 17.9 Å². The van der Waals surface area contributed by atoms with Crippen LogP contribution in [-0.2, 0) is 28.6 Å². The minimum atomic E-state index is -0.799. The number of unbranched alkanes of at least 4 members (excludes halogenated alkanes) is 35. The molecule has 0 aliphatic heterocycles. The summed E-state index contributed by atoms with van der Waals surface area (Å²) < 4.78 is 17.0. The summed E-state index contributed by atoms with van der Waals surface area (Å²) in [4.78, 5) is 38.4. The highest BCUT2D eigenvalue weighted by atomic mass is 16.6. The zero-order valence-electron chi connectivity index (χ0n) is 54.7. The molecule has 476 valence electrons. The predicted octanol–water partition coefficient (Wildman–Crippen LogP) is 24.6. The van der Waals surface area contributed by atoms with Crippen molar-refractivity contribution < 1.29 is 28.6 Å². The van der Waals surface area contributed by atoms with Crippen LogP contribution in [0, 0.1) is 0 Å². The van der Waals surface area contributed by atoms with E-state index in [4.69, 9.17) is 14.2 Å². The molecule has 0 aromatic heterocycles. The fourth-order valence-corrected chi connectivity index (χ4v) is 10.0. The number of carbonyl (C=O) groups is 3. The Labute approximate surface area is 514 Å². The molecule has 6 nitrogen and oxygen atoms in total. The normalized spacial score (nSPS) is 12.8. The summed E-state index contributed by atoms with van der Waals surface area (Å²) in [5.74, 6) is -0.915. The number of rotatable bonds is 64. The third-order valence-electron chi connectivity index (χ3n) is 15.2. The molecule has 0 aromatic carbocycles. The summed E-state index contributed by atoms with van der Waals surface area (Å²) in [5, 5.41) is 0. The summed E-state index contributed by atoms with van der Waals surface area (Å²) in [6, 6.07) is 0. The molecule has 0 rings (SSSR count). The van der Waals surface area contributed by atoms with Gasteiger partial charge in [0.25, 0.3) is 0 Å². The van der Waals surface area contributed by atoms with Gasteiger partial charge < -0.3 is 14.2 Å². The van der Waals surface area contributed by atoms with Crippen LogP contribution in [0.1, 0.15) is 342 Å². The van der Waals surface area contributed by atoms with Crippen molar-refractivity contribution in [1.29, 1.82) is 0 Å². The van der Waals surface area contributed by atoms with Crippen LogP contribution in [0.3, 0.4) is 0 Å². The maximum atomic E-state index is 12.9. The first-order valence-corrected chi connectivity index (χ1v) is 35.4. The topological polar surface area (TPSA) is 78.9 Å². The number of carbonyl (C=O) groups excluding carboxylic acids is 3. The van der Waals surface area contributed by atoms with E-state index in [0.29, 0.717) is 19.3 Å². The zero-order chi connectivity index (χ0) is 59.9. The lowest BCUT2D eigenvalue weighted by molar-refractivity contribution is -0.167. The van der Waals surface area contributed by atoms with E-state index in [1.54, 1.807) is 0 Å². The van der Waals surface area contributed by atoms with Gasteiger partial charge in [0.1, 0.15) is 13.2 Å². The molecule has 0 heterocycles. The molecule has 0 aliphatic rings. The van der Waals surface area contributed by atoms with Crippen molar-refractivity contribution in [2.45, 2.75) is 348 Å². The van der Waals surface area contributed by atoms with Gasteiger partial charge in [-0.15, -0.1) is 0 Å². The molecule has 6 heteroatoms. The fourth-order valence-electron chi connectivity index (χ4n) is 10.0. The Balaban J connectivity index is 4.31. The quantitative estimate of drug-likeness (QED) is 0.0261. The molecule has 0 saturated carbocycles. The first-order chi connectivity index (χ1) is 41.0. The second kappa shape index (κ2) is 70.6. The highest BCUT2D eigenvalue weighted by molar-refractivity contribution is 5.71. The van der Waals surface area contributed by atoms with Crippen LogP contribution in [-0.4, -0.2) is 37.2 Å². The van der Waals surface area contributed by atoms with Gasteiger partial charge in [0.2, 0.25) is 0 Å². The second-order valence-electron chi connectivity index (χ2n) is 23.4. The molecule has 0 bridgehead atoms. The summed E-state index contributed by atoms with van der Waals surface area (Å²) >= 11 is 0. The molecule has 0 amide bonds. The summed E-state index contributed by atoms with van der Waals surface area (Å²) in [7, 11) is 0. The van der Waals surface area contributed by atoms with Crippen molar-refractivity contribution >= 4 is 17.9 Å².